The van der Waals surface area contributed by atoms with Gasteiger partial charge in [0.15, 0.2) is 5.16 Å². The first-order chi connectivity index (χ1) is 20.3. The molecule has 1 unspecified atom stereocenters. The molecule has 0 radical (unpaired) electrons. The van der Waals surface area contributed by atoms with Crippen LogP contribution in [0.1, 0.15) is 41.5 Å². The predicted molar refractivity (Wildman–Crippen MR) is 169 cm³/mol. The number of halogens is 3. The van der Waals surface area contributed by atoms with Gasteiger partial charge >= 0.3 is 0 Å². The molecule has 4 aromatic rings. The quantitative estimate of drug-likeness (QED) is 0.144. The van der Waals surface area contributed by atoms with Crippen LogP contribution < -0.4 is 0 Å². The van der Waals surface area contributed by atoms with Crippen molar-refractivity contribution in [2.24, 2.45) is 0 Å². The van der Waals surface area contributed by atoms with Gasteiger partial charge in [0.2, 0.25) is 5.91 Å². The second kappa shape index (κ2) is 14.0. The molecule has 0 spiro atoms. The first-order valence-electron chi connectivity index (χ1n) is 13.7. The minimum Gasteiger partial charge on any atom is -0.339 e. The van der Waals surface area contributed by atoms with Crippen molar-refractivity contribution >= 4 is 58.4 Å². The Morgan fingerprint density at radius 2 is 1.74 bits per heavy atom. The van der Waals surface area contributed by atoms with Gasteiger partial charge in [-0.2, -0.15) is 0 Å². The lowest BCUT2D eigenvalue weighted by Gasteiger charge is -2.40. The molecule has 218 valence electrons. The third-order valence-electron chi connectivity index (χ3n) is 7.15. The van der Waals surface area contributed by atoms with Gasteiger partial charge in [-0.3, -0.25) is 14.2 Å². The molecule has 2 heterocycles. The van der Waals surface area contributed by atoms with Crippen molar-refractivity contribution < 1.29 is 9.59 Å². The Kier molecular flexibility index (Phi) is 10.1. The molecule has 7 nitrogen and oxygen atoms in total. The fourth-order valence-electron chi connectivity index (χ4n) is 4.99. The number of carbonyl (C=O) groups is 2. The summed E-state index contributed by atoms with van der Waals surface area (Å²) in [7, 11) is 0. The Balaban J connectivity index is 1.18. The van der Waals surface area contributed by atoms with Gasteiger partial charge in [0.05, 0.1) is 15.7 Å². The van der Waals surface area contributed by atoms with Crippen molar-refractivity contribution in [1.82, 2.24) is 24.6 Å². The number of benzene rings is 3. The van der Waals surface area contributed by atoms with Gasteiger partial charge in [-0.15, -0.1) is 10.2 Å². The molecular formula is C31H30Cl3N5O2S. The van der Waals surface area contributed by atoms with Crippen LogP contribution in [-0.4, -0.2) is 67.8 Å². The van der Waals surface area contributed by atoms with E-state index in [4.69, 9.17) is 34.8 Å². The normalized spacial score (nSPS) is 15.2. The number of thioether (sulfide) groups is 1. The van der Waals surface area contributed by atoms with Gasteiger partial charge in [0, 0.05) is 54.9 Å². The number of hydrogen-bond donors (Lipinski definition) is 0. The molecule has 1 aliphatic rings. The summed E-state index contributed by atoms with van der Waals surface area (Å²) < 4.78 is 2.00. The average Bonchev–Trinajstić information content (AvgIpc) is 3.38. The molecule has 5 rings (SSSR count). The molecule has 1 aromatic heterocycles. The Labute approximate surface area is 264 Å². The summed E-state index contributed by atoms with van der Waals surface area (Å²) in [4.78, 5) is 29.7. The zero-order valence-electron chi connectivity index (χ0n) is 23.1. The molecule has 0 N–H and O–H groups in total. The molecule has 1 fully saturated rings. The maximum absolute atomic E-state index is 13.0. The molecule has 2 amide bonds. The van der Waals surface area contributed by atoms with Gasteiger partial charge in [-0.1, -0.05) is 83.0 Å². The number of carbonyl (C=O) groups excluding carboxylic acids is 2. The van der Waals surface area contributed by atoms with E-state index in [0.29, 0.717) is 65.3 Å². The summed E-state index contributed by atoms with van der Waals surface area (Å²) in [6.07, 6.45) is 1.71. The highest BCUT2D eigenvalue weighted by Gasteiger charge is 2.30. The van der Waals surface area contributed by atoms with Crippen LogP contribution in [0, 0.1) is 0 Å². The van der Waals surface area contributed by atoms with E-state index in [2.05, 4.69) is 22.3 Å². The van der Waals surface area contributed by atoms with Gasteiger partial charge in [-0.05, 0) is 55.3 Å². The number of aromatic nitrogens is 3. The van der Waals surface area contributed by atoms with E-state index >= 15 is 0 Å². The van der Waals surface area contributed by atoms with Crippen LogP contribution in [0.2, 0.25) is 15.1 Å². The second-order valence-electron chi connectivity index (χ2n) is 10.1. The third kappa shape index (κ3) is 7.29. The van der Waals surface area contributed by atoms with Crippen LogP contribution in [0.4, 0.5) is 0 Å². The van der Waals surface area contributed by atoms with Crippen LogP contribution in [-0.2, 0) is 11.2 Å². The SMILES string of the molecule is CC1CN(C(=O)CCCSc2nnc(Cc3ccccc3)n2-c2ccc(Cl)c(Cl)c2)CCN1C(=O)c1cccc(Cl)c1. The van der Waals surface area contributed by atoms with Crippen LogP contribution in [0.3, 0.4) is 0 Å². The van der Waals surface area contributed by atoms with E-state index in [0.717, 1.165) is 22.2 Å². The van der Waals surface area contributed by atoms with Crippen LogP contribution in [0.15, 0.2) is 78.0 Å². The predicted octanol–water partition coefficient (Wildman–Crippen LogP) is 7.06. The molecule has 1 atom stereocenters. The molecular weight excluding hydrogens is 613 g/mol. The monoisotopic (exact) mass is 641 g/mol. The van der Waals surface area contributed by atoms with E-state index < -0.39 is 0 Å². The first kappa shape index (κ1) is 30.4. The van der Waals surface area contributed by atoms with Crippen LogP contribution in [0.25, 0.3) is 5.69 Å². The Morgan fingerprint density at radius 3 is 2.48 bits per heavy atom. The highest BCUT2D eigenvalue weighted by Crippen LogP contribution is 2.29. The first-order valence-corrected chi connectivity index (χ1v) is 15.8. The molecule has 1 saturated heterocycles. The standard InChI is InChI=1S/C31H30Cl3N5O2S/c1-21-20-37(14-15-38(21)30(41)23-9-5-10-24(32)18-23)29(40)11-6-16-42-31-36-35-28(17-22-7-3-2-4-8-22)39(31)25-12-13-26(33)27(34)19-25/h2-5,7-10,12-13,18-19,21H,6,11,14-17,20H2,1H3. The zero-order valence-corrected chi connectivity index (χ0v) is 26.1. The van der Waals surface area contributed by atoms with Crippen molar-refractivity contribution in [2.45, 2.75) is 37.4 Å². The lowest BCUT2D eigenvalue weighted by molar-refractivity contribution is -0.133. The summed E-state index contributed by atoms with van der Waals surface area (Å²) in [6, 6.07) is 22.5. The smallest absolute Gasteiger partial charge is 0.254 e. The minimum atomic E-state index is -0.0867. The fourth-order valence-corrected chi connectivity index (χ4v) is 6.38. The van der Waals surface area contributed by atoms with E-state index in [1.54, 1.807) is 42.1 Å². The maximum atomic E-state index is 13.0. The van der Waals surface area contributed by atoms with Crippen LogP contribution >= 0.6 is 46.6 Å². The van der Waals surface area contributed by atoms with Gasteiger partial charge < -0.3 is 9.80 Å². The van der Waals surface area contributed by atoms with E-state index in [-0.39, 0.29) is 17.9 Å². The number of hydrogen-bond acceptors (Lipinski definition) is 5. The molecule has 1 aliphatic heterocycles. The van der Waals surface area contributed by atoms with Crippen molar-refractivity contribution in [3.63, 3.8) is 0 Å². The van der Waals surface area contributed by atoms with Gasteiger partial charge in [-0.25, -0.2) is 0 Å². The number of amides is 2. The molecule has 0 saturated carbocycles. The number of rotatable bonds is 9. The largest absolute Gasteiger partial charge is 0.339 e. The highest BCUT2D eigenvalue weighted by atomic mass is 35.5. The average molecular weight is 643 g/mol. The highest BCUT2D eigenvalue weighted by molar-refractivity contribution is 7.99. The molecule has 0 bridgehead atoms. The van der Waals surface area contributed by atoms with Crippen molar-refractivity contribution in [3.05, 3.63) is 105 Å². The van der Waals surface area contributed by atoms with E-state index in [1.807, 2.05) is 51.6 Å². The Bertz CT molecular complexity index is 1570. The lowest BCUT2D eigenvalue weighted by atomic mass is 10.1. The molecule has 0 aliphatic carbocycles. The van der Waals surface area contributed by atoms with E-state index in [9.17, 15) is 9.59 Å². The third-order valence-corrected chi connectivity index (χ3v) is 9.13. The van der Waals surface area contributed by atoms with Crippen molar-refractivity contribution in [1.29, 1.82) is 0 Å². The Morgan fingerprint density at radius 1 is 0.929 bits per heavy atom. The number of piperazine rings is 1. The minimum absolute atomic E-state index is 0.0637. The maximum Gasteiger partial charge on any atom is 0.254 e. The second-order valence-corrected chi connectivity index (χ2v) is 12.5. The van der Waals surface area contributed by atoms with Gasteiger partial charge in [0.25, 0.3) is 5.91 Å². The van der Waals surface area contributed by atoms with E-state index in [1.165, 1.54) is 0 Å². The fraction of sp³-hybridized carbons (Fsp3) is 0.290. The molecule has 11 heteroatoms. The van der Waals surface area contributed by atoms with Crippen molar-refractivity contribution in [3.8, 4) is 5.69 Å². The summed E-state index contributed by atoms with van der Waals surface area (Å²) in [6.45, 7) is 3.48. The summed E-state index contributed by atoms with van der Waals surface area (Å²) in [5.74, 6) is 1.51. The van der Waals surface area contributed by atoms with Gasteiger partial charge in [0.1, 0.15) is 5.82 Å². The summed E-state index contributed by atoms with van der Waals surface area (Å²) >= 11 is 20.1. The zero-order chi connectivity index (χ0) is 29.6. The topological polar surface area (TPSA) is 71.3 Å². The summed E-state index contributed by atoms with van der Waals surface area (Å²) in [5.41, 5.74) is 2.52. The molecule has 42 heavy (non-hydrogen) atoms. The Hall–Kier alpha value is -3.04. The van der Waals surface area contributed by atoms with Crippen molar-refractivity contribution in [2.75, 3.05) is 25.4 Å². The van der Waals surface area contributed by atoms with Crippen LogP contribution in [0.5, 0.6) is 0 Å². The summed E-state index contributed by atoms with van der Waals surface area (Å²) in [5, 5.41) is 11.2. The lowest BCUT2D eigenvalue weighted by Crippen LogP contribution is -2.55. The molecule has 3 aromatic carbocycles. The number of nitrogens with zero attached hydrogens (tertiary/aromatic N) is 5.